The Balaban J connectivity index is 2.10. The Hall–Kier alpha value is -1.11. The third kappa shape index (κ3) is 4.69. The summed E-state index contributed by atoms with van der Waals surface area (Å²) in [5.41, 5.74) is 0.921. The molecule has 2 atom stereocenters. The fraction of sp³-hybridized carbons (Fsp3) is 0.667. The number of unbranched alkanes of at least 4 members (excludes halogenated alkanes) is 1. The average Bonchev–Trinajstić information content (AvgIpc) is 3.09. The summed E-state index contributed by atoms with van der Waals surface area (Å²) in [5, 5.41) is 0. The first-order valence-corrected chi connectivity index (χ1v) is 9.35. The Morgan fingerprint density at radius 2 is 1.82 bits per heavy atom. The van der Waals surface area contributed by atoms with Gasteiger partial charge in [-0.05, 0) is 31.1 Å². The van der Waals surface area contributed by atoms with E-state index in [0.717, 1.165) is 17.9 Å². The molecule has 0 spiro atoms. The van der Waals surface area contributed by atoms with Crippen LogP contribution < -0.4 is 0 Å². The maximum Gasteiger partial charge on any atom is 0.166 e. The molecule has 1 aliphatic carbocycles. The minimum Gasteiger partial charge on any atom is -0.294 e. The van der Waals surface area contributed by atoms with Crippen LogP contribution in [-0.2, 0) is 0 Å². The van der Waals surface area contributed by atoms with Crippen molar-refractivity contribution < 1.29 is 4.79 Å². The van der Waals surface area contributed by atoms with Crippen molar-refractivity contribution in [3.8, 4) is 0 Å². The molecule has 0 aromatic heterocycles. The van der Waals surface area contributed by atoms with Crippen LogP contribution in [0.2, 0.25) is 0 Å². The Labute approximate surface area is 136 Å². The van der Waals surface area contributed by atoms with Crippen molar-refractivity contribution in [1.29, 1.82) is 0 Å². The molecule has 0 radical (unpaired) electrons. The zero-order chi connectivity index (χ0) is 15.8. The van der Waals surface area contributed by atoms with Crippen molar-refractivity contribution >= 4 is 5.78 Å². The third-order valence-corrected chi connectivity index (χ3v) is 5.49. The van der Waals surface area contributed by atoms with E-state index < -0.39 is 0 Å². The topological polar surface area (TPSA) is 17.1 Å². The van der Waals surface area contributed by atoms with Gasteiger partial charge in [-0.3, -0.25) is 4.79 Å². The van der Waals surface area contributed by atoms with E-state index in [1.807, 2.05) is 30.3 Å². The summed E-state index contributed by atoms with van der Waals surface area (Å²) in [6.45, 7) is 4.55. The number of carbonyl (C=O) groups is 1. The van der Waals surface area contributed by atoms with Crippen LogP contribution in [0.1, 0.15) is 82.0 Å². The first-order chi connectivity index (χ1) is 10.8. The Bertz CT molecular complexity index is 430. The minimum atomic E-state index is 0.256. The number of rotatable bonds is 9. The summed E-state index contributed by atoms with van der Waals surface area (Å²) >= 11 is 0. The van der Waals surface area contributed by atoms with Crippen LogP contribution in [0, 0.1) is 17.8 Å². The highest BCUT2D eigenvalue weighted by molar-refractivity contribution is 5.98. The number of Topliss-reactive ketones (excluding diaryl/α,β-unsaturated/α-hetero) is 1. The Morgan fingerprint density at radius 3 is 2.41 bits per heavy atom. The molecule has 2 rings (SSSR count). The van der Waals surface area contributed by atoms with Crippen molar-refractivity contribution in [2.45, 2.75) is 71.6 Å². The van der Waals surface area contributed by atoms with Crippen LogP contribution in [0.4, 0.5) is 0 Å². The number of benzene rings is 1. The van der Waals surface area contributed by atoms with Gasteiger partial charge in [0, 0.05) is 11.5 Å². The van der Waals surface area contributed by atoms with Crippen LogP contribution in [0.3, 0.4) is 0 Å². The van der Waals surface area contributed by atoms with Crippen molar-refractivity contribution in [2.24, 2.45) is 17.8 Å². The lowest BCUT2D eigenvalue weighted by Gasteiger charge is -2.26. The second-order valence-electron chi connectivity index (χ2n) is 7.03. The fourth-order valence-corrected chi connectivity index (χ4v) is 4.03. The molecule has 0 N–H and O–H groups in total. The molecule has 0 amide bonds. The van der Waals surface area contributed by atoms with Gasteiger partial charge in [0.2, 0.25) is 0 Å². The molecule has 1 heteroatoms. The predicted octanol–water partition coefficient (Wildman–Crippen LogP) is 6.28. The molecule has 1 nitrogen and oxygen atoms in total. The van der Waals surface area contributed by atoms with E-state index >= 15 is 0 Å². The molecular weight excluding hydrogens is 268 g/mol. The van der Waals surface area contributed by atoms with E-state index in [4.69, 9.17) is 0 Å². The SMILES string of the molecule is CCCCC(CC)CC(C(=O)c1ccccc1)C1CCCC1. The minimum absolute atomic E-state index is 0.256. The zero-order valence-corrected chi connectivity index (χ0v) is 14.4. The lowest BCUT2D eigenvalue weighted by Crippen LogP contribution is -2.25. The second-order valence-corrected chi connectivity index (χ2v) is 7.03. The standard InChI is InChI=1S/C21H32O/c1-3-5-11-17(4-2)16-20(18-12-9-10-13-18)21(22)19-14-7-6-8-15-19/h6-8,14-15,17-18,20H,3-5,9-13,16H2,1-2H3. The molecule has 0 heterocycles. The Kier molecular flexibility index (Phi) is 7.15. The van der Waals surface area contributed by atoms with Gasteiger partial charge in [0.25, 0.3) is 0 Å². The molecule has 122 valence electrons. The molecule has 1 aromatic rings. The predicted molar refractivity (Wildman–Crippen MR) is 94.1 cm³/mol. The van der Waals surface area contributed by atoms with Gasteiger partial charge in [-0.25, -0.2) is 0 Å². The van der Waals surface area contributed by atoms with Gasteiger partial charge >= 0.3 is 0 Å². The number of hydrogen-bond donors (Lipinski definition) is 0. The highest BCUT2D eigenvalue weighted by Gasteiger charge is 2.32. The van der Waals surface area contributed by atoms with Gasteiger partial charge in [-0.1, -0.05) is 82.7 Å². The van der Waals surface area contributed by atoms with Crippen molar-refractivity contribution in [2.75, 3.05) is 0 Å². The molecule has 2 unspecified atom stereocenters. The van der Waals surface area contributed by atoms with E-state index in [1.54, 1.807) is 0 Å². The fourth-order valence-electron chi connectivity index (χ4n) is 4.03. The van der Waals surface area contributed by atoms with E-state index in [1.165, 1.54) is 51.4 Å². The molecule has 1 fully saturated rings. The maximum absolute atomic E-state index is 13.1. The van der Waals surface area contributed by atoms with E-state index in [0.29, 0.717) is 11.7 Å². The van der Waals surface area contributed by atoms with Gasteiger partial charge in [0.15, 0.2) is 5.78 Å². The van der Waals surface area contributed by atoms with Crippen LogP contribution >= 0.6 is 0 Å². The quantitative estimate of drug-likeness (QED) is 0.490. The summed E-state index contributed by atoms with van der Waals surface area (Å²) in [4.78, 5) is 13.1. The van der Waals surface area contributed by atoms with Gasteiger partial charge in [0.1, 0.15) is 0 Å². The second kappa shape index (κ2) is 9.12. The first kappa shape index (κ1) is 17.2. The average molecular weight is 300 g/mol. The van der Waals surface area contributed by atoms with Crippen molar-refractivity contribution in [3.63, 3.8) is 0 Å². The molecule has 1 saturated carbocycles. The van der Waals surface area contributed by atoms with Gasteiger partial charge < -0.3 is 0 Å². The third-order valence-electron chi connectivity index (χ3n) is 5.49. The summed E-state index contributed by atoms with van der Waals surface area (Å²) < 4.78 is 0. The largest absolute Gasteiger partial charge is 0.294 e. The lowest BCUT2D eigenvalue weighted by atomic mass is 9.77. The molecule has 22 heavy (non-hydrogen) atoms. The normalized spacial score (nSPS) is 18.3. The highest BCUT2D eigenvalue weighted by Crippen LogP contribution is 2.38. The van der Waals surface area contributed by atoms with E-state index in [9.17, 15) is 4.79 Å². The first-order valence-electron chi connectivity index (χ1n) is 9.35. The van der Waals surface area contributed by atoms with Gasteiger partial charge in [-0.15, -0.1) is 0 Å². The molecular formula is C21H32O. The van der Waals surface area contributed by atoms with E-state index in [-0.39, 0.29) is 5.92 Å². The van der Waals surface area contributed by atoms with E-state index in [2.05, 4.69) is 13.8 Å². The monoisotopic (exact) mass is 300 g/mol. The number of hydrogen-bond acceptors (Lipinski definition) is 1. The lowest BCUT2D eigenvalue weighted by molar-refractivity contribution is 0.0839. The van der Waals surface area contributed by atoms with Crippen molar-refractivity contribution in [1.82, 2.24) is 0 Å². The summed E-state index contributed by atoms with van der Waals surface area (Å²) in [6, 6.07) is 9.98. The van der Waals surface area contributed by atoms with Crippen LogP contribution in [-0.4, -0.2) is 5.78 Å². The zero-order valence-electron chi connectivity index (χ0n) is 14.4. The smallest absolute Gasteiger partial charge is 0.166 e. The summed E-state index contributed by atoms with van der Waals surface area (Å²) in [5.74, 6) is 2.01. The Morgan fingerprint density at radius 1 is 1.14 bits per heavy atom. The van der Waals surface area contributed by atoms with Crippen LogP contribution in [0.5, 0.6) is 0 Å². The van der Waals surface area contributed by atoms with Gasteiger partial charge in [0.05, 0.1) is 0 Å². The highest BCUT2D eigenvalue weighted by atomic mass is 16.1. The molecule has 1 aromatic carbocycles. The van der Waals surface area contributed by atoms with Crippen molar-refractivity contribution in [3.05, 3.63) is 35.9 Å². The van der Waals surface area contributed by atoms with Crippen LogP contribution in [0.15, 0.2) is 30.3 Å². The number of ketones is 1. The molecule has 0 bridgehead atoms. The summed E-state index contributed by atoms with van der Waals surface area (Å²) in [6.07, 6.45) is 11.3. The molecule has 0 aliphatic heterocycles. The maximum atomic E-state index is 13.1. The van der Waals surface area contributed by atoms with Crippen LogP contribution in [0.25, 0.3) is 0 Å². The molecule has 0 saturated heterocycles. The van der Waals surface area contributed by atoms with Gasteiger partial charge in [-0.2, -0.15) is 0 Å². The molecule has 1 aliphatic rings. The summed E-state index contributed by atoms with van der Waals surface area (Å²) in [7, 11) is 0. The number of carbonyl (C=O) groups excluding carboxylic acids is 1.